The molecule has 0 amide bonds. The zero-order chi connectivity index (χ0) is 16.2. The second kappa shape index (κ2) is 8.76. The Labute approximate surface area is 151 Å². The molecule has 1 aliphatic heterocycles. The van der Waals surface area contributed by atoms with Crippen molar-refractivity contribution in [1.29, 1.82) is 0 Å². The molecular formula is C14H20F2IN3O2S. The normalized spacial score (nSPS) is 20.0. The van der Waals surface area contributed by atoms with Gasteiger partial charge in [0.2, 0.25) is 0 Å². The molecule has 1 aliphatic rings. The highest BCUT2D eigenvalue weighted by atomic mass is 127. The van der Waals surface area contributed by atoms with Gasteiger partial charge in [0.05, 0.1) is 11.5 Å². The Hall–Kier alpha value is -0.970. The first-order chi connectivity index (χ1) is 10.4. The second-order valence-electron chi connectivity index (χ2n) is 5.19. The molecule has 0 radical (unpaired) electrons. The third kappa shape index (κ3) is 5.87. The van der Waals surface area contributed by atoms with Crippen molar-refractivity contribution in [2.75, 3.05) is 25.1 Å². The van der Waals surface area contributed by atoms with Crippen LogP contribution in [0.1, 0.15) is 12.0 Å². The number of rotatable bonds is 4. The van der Waals surface area contributed by atoms with E-state index in [0.29, 0.717) is 12.4 Å². The van der Waals surface area contributed by atoms with Gasteiger partial charge in [-0.3, -0.25) is 4.99 Å². The highest BCUT2D eigenvalue weighted by Crippen LogP contribution is 2.12. The van der Waals surface area contributed by atoms with Crippen molar-refractivity contribution in [2.45, 2.75) is 18.9 Å². The van der Waals surface area contributed by atoms with Crippen molar-refractivity contribution in [3.8, 4) is 0 Å². The molecule has 5 nitrogen and oxygen atoms in total. The lowest BCUT2D eigenvalue weighted by atomic mass is 10.1. The van der Waals surface area contributed by atoms with Crippen LogP contribution in [0.15, 0.2) is 23.2 Å². The molecule has 0 spiro atoms. The molecule has 2 rings (SSSR count). The van der Waals surface area contributed by atoms with Gasteiger partial charge in [0.15, 0.2) is 15.8 Å². The van der Waals surface area contributed by atoms with E-state index in [-0.39, 0.29) is 60.1 Å². The van der Waals surface area contributed by atoms with Crippen molar-refractivity contribution < 1.29 is 17.2 Å². The van der Waals surface area contributed by atoms with Crippen LogP contribution in [0, 0.1) is 11.6 Å². The highest BCUT2D eigenvalue weighted by Gasteiger charge is 2.28. The smallest absolute Gasteiger partial charge is 0.191 e. The number of halogens is 3. The van der Waals surface area contributed by atoms with Gasteiger partial charge in [-0.25, -0.2) is 17.2 Å². The summed E-state index contributed by atoms with van der Waals surface area (Å²) in [4.78, 5) is 3.99. The van der Waals surface area contributed by atoms with Gasteiger partial charge in [0.25, 0.3) is 0 Å². The van der Waals surface area contributed by atoms with Crippen LogP contribution in [0.4, 0.5) is 8.78 Å². The summed E-state index contributed by atoms with van der Waals surface area (Å²) in [6.45, 7) is 0.289. The largest absolute Gasteiger partial charge is 0.356 e. The molecule has 9 heteroatoms. The molecule has 1 fully saturated rings. The van der Waals surface area contributed by atoms with Gasteiger partial charge in [-0.05, 0) is 25.0 Å². The van der Waals surface area contributed by atoms with Crippen molar-refractivity contribution in [2.24, 2.45) is 4.99 Å². The lowest BCUT2D eigenvalue weighted by Gasteiger charge is -2.16. The van der Waals surface area contributed by atoms with E-state index in [1.54, 1.807) is 7.05 Å². The average molecular weight is 459 g/mol. The molecule has 1 unspecified atom stereocenters. The molecule has 1 heterocycles. The molecule has 0 aliphatic carbocycles. The highest BCUT2D eigenvalue weighted by molar-refractivity contribution is 14.0. The number of nitrogens with zero attached hydrogens (tertiary/aromatic N) is 1. The second-order valence-corrected chi connectivity index (χ2v) is 7.42. The Kier molecular flexibility index (Phi) is 7.65. The van der Waals surface area contributed by atoms with Crippen LogP contribution < -0.4 is 10.6 Å². The van der Waals surface area contributed by atoms with Gasteiger partial charge in [-0.2, -0.15) is 0 Å². The van der Waals surface area contributed by atoms with Crippen LogP contribution >= 0.6 is 24.0 Å². The van der Waals surface area contributed by atoms with Crippen molar-refractivity contribution in [3.63, 3.8) is 0 Å². The summed E-state index contributed by atoms with van der Waals surface area (Å²) >= 11 is 0. The average Bonchev–Trinajstić information content (AvgIpc) is 2.80. The van der Waals surface area contributed by atoms with Crippen LogP contribution in [-0.2, 0) is 16.3 Å². The first-order valence-corrected chi connectivity index (χ1v) is 8.84. The van der Waals surface area contributed by atoms with Crippen LogP contribution in [-0.4, -0.2) is 45.5 Å². The zero-order valence-corrected chi connectivity index (χ0v) is 15.8. The predicted octanol–water partition coefficient (Wildman–Crippen LogP) is 1.48. The van der Waals surface area contributed by atoms with E-state index in [1.807, 2.05) is 0 Å². The van der Waals surface area contributed by atoms with Crippen LogP contribution in [0.5, 0.6) is 0 Å². The van der Waals surface area contributed by atoms with Crippen molar-refractivity contribution in [1.82, 2.24) is 10.6 Å². The number of hydrogen-bond donors (Lipinski definition) is 2. The monoisotopic (exact) mass is 459 g/mol. The van der Waals surface area contributed by atoms with Gasteiger partial charge in [0.1, 0.15) is 11.6 Å². The maximum absolute atomic E-state index is 13.5. The van der Waals surface area contributed by atoms with Crippen LogP contribution in [0.3, 0.4) is 0 Å². The summed E-state index contributed by atoms with van der Waals surface area (Å²) < 4.78 is 49.8. The molecular weight excluding hydrogens is 439 g/mol. The van der Waals surface area contributed by atoms with E-state index >= 15 is 0 Å². The Balaban J connectivity index is 0.00000264. The van der Waals surface area contributed by atoms with Gasteiger partial charge < -0.3 is 10.6 Å². The molecule has 23 heavy (non-hydrogen) atoms. The van der Waals surface area contributed by atoms with Crippen molar-refractivity contribution in [3.05, 3.63) is 35.4 Å². The van der Waals surface area contributed by atoms with Crippen molar-refractivity contribution >= 4 is 39.8 Å². The minimum atomic E-state index is -2.97. The van der Waals surface area contributed by atoms with E-state index in [1.165, 1.54) is 18.2 Å². The number of aliphatic imine (C=N–C) groups is 1. The lowest BCUT2D eigenvalue weighted by molar-refractivity contribution is 0.552. The summed E-state index contributed by atoms with van der Waals surface area (Å²) in [7, 11) is -1.41. The molecule has 1 aromatic carbocycles. The number of sulfone groups is 1. The fraction of sp³-hybridized carbons (Fsp3) is 0.500. The summed E-state index contributed by atoms with van der Waals surface area (Å²) in [6.07, 6.45) is 0.702. The molecule has 1 aromatic rings. The van der Waals surface area contributed by atoms with Gasteiger partial charge in [0, 0.05) is 25.2 Å². The van der Waals surface area contributed by atoms with E-state index < -0.39 is 21.5 Å². The van der Waals surface area contributed by atoms with E-state index in [0.717, 1.165) is 0 Å². The molecule has 2 N–H and O–H groups in total. The van der Waals surface area contributed by atoms with Gasteiger partial charge >= 0.3 is 0 Å². The summed E-state index contributed by atoms with van der Waals surface area (Å²) in [5.74, 6) is -0.477. The maximum atomic E-state index is 13.5. The summed E-state index contributed by atoms with van der Waals surface area (Å²) in [5.41, 5.74) is 0.0221. The molecule has 1 atom stereocenters. The Morgan fingerprint density at radius 1 is 1.35 bits per heavy atom. The molecule has 0 saturated carbocycles. The maximum Gasteiger partial charge on any atom is 0.191 e. The fourth-order valence-electron chi connectivity index (χ4n) is 2.37. The quantitative estimate of drug-likeness (QED) is 0.407. The zero-order valence-electron chi connectivity index (χ0n) is 12.7. The summed E-state index contributed by atoms with van der Waals surface area (Å²) in [5, 5.41) is 5.95. The number of guanidine groups is 1. The number of hydrogen-bond acceptors (Lipinski definition) is 3. The minimum Gasteiger partial charge on any atom is -0.356 e. The van der Waals surface area contributed by atoms with E-state index in [9.17, 15) is 17.2 Å². The van der Waals surface area contributed by atoms with Gasteiger partial charge in [-0.15, -0.1) is 24.0 Å². The number of benzene rings is 1. The molecule has 0 aromatic heterocycles. The third-order valence-corrected chi connectivity index (χ3v) is 5.29. The number of nitrogens with one attached hydrogen (secondary N) is 2. The lowest BCUT2D eigenvalue weighted by Crippen LogP contribution is -2.44. The first kappa shape index (κ1) is 20.1. The Morgan fingerprint density at radius 3 is 2.52 bits per heavy atom. The molecule has 0 bridgehead atoms. The van der Waals surface area contributed by atoms with Gasteiger partial charge in [-0.1, -0.05) is 6.07 Å². The van der Waals surface area contributed by atoms with Crippen LogP contribution in [0.25, 0.3) is 0 Å². The summed E-state index contributed by atoms with van der Waals surface area (Å²) in [6, 6.07) is 3.58. The van der Waals surface area contributed by atoms with Crippen LogP contribution in [0.2, 0.25) is 0 Å². The molecule has 1 saturated heterocycles. The first-order valence-electron chi connectivity index (χ1n) is 7.02. The Morgan fingerprint density at radius 2 is 2.00 bits per heavy atom. The standard InChI is InChI=1S/C14H19F2N3O2S.HI/c1-17-14(19-10-6-8-22(20,21)9-10)18-7-5-11-12(15)3-2-4-13(11)16;/h2-4,10H,5-9H2,1H3,(H2,17,18,19);1H. The molecule has 130 valence electrons. The topological polar surface area (TPSA) is 70.6 Å². The minimum absolute atomic E-state index is 0. The fourth-order valence-corrected chi connectivity index (χ4v) is 4.05. The SMILES string of the molecule is CN=C(NCCc1c(F)cccc1F)NC1CCS(=O)(=O)C1.I. The van der Waals surface area contributed by atoms with E-state index in [4.69, 9.17) is 0 Å². The Bertz CT molecular complexity index is 648. The predicted molar refractivity (Wildman–Crippen MR) is 97.0 cm³/mol. The third-order valence-electron chi connectivity index (χ3n) is 3.53. The van der Waals surface area contributed by atoms with E-state index in [2.05, 4.69) is 15.6 Å².